The first kappa shape index (κ1) is 18.9. The maximum absolute atomic E-state index is 12.1. The lowest BCUT2D eigenvalue weighted by Crippen LogP contribution is -2.03. The van der Waals surface area contributed by atoms with Crippen LogP contribution in [0.2, 0.25) is 0 Å². The largest absolute Gasteiger partial charge is 0.508 e. The summed E-state index contributed by atoms with van der Waals surface area (Å²) in [6, 6.07) is 17.2. The molecule has 0 aliphatic rings. The van der Waals surface area contributed by atoms with Gasteiger partial charge in [0.05, 0.1) is 5.56 Å². The monoisotopic (exact) mass is 410 g/mol. The molecule has 5 heteroatoms. The van der Waals surface area contributed by atoms with Crippen molar-refractivity contribution in [2.75, 3.05) is 0 Å². The summed E-state index contributed by atoms with van der Waals surface area (Å²) in [7, 11) is 0. The molecule has 0 unspecified atom stereocenters. The van der Waals surface area contributed by atoms with Crippen molar-refractivity contribution in [1.82, 2.24) is 0 Å². The Morgan fingerprint density at radius 3 is 2.42 bits per heavy atom. The zero-order valence-corrected chi connectivity index (χ0v) is 16.9. The minimum atomic E-state index is -1.02. The number of carbonyl (C=O) groups is 1. The average Bonchev–Trinajstić information content (AvgIpc) is 2.73. The molecule has 5 nitrogen and oxygen atoms in total. The third kappa shape index (κ3) is 2.94. The van der Waals surface area contributed by atoms with Crippen LogP contribution < -0.4 is 5.43 Å². The third-order valence-corrected chi connectivity index (χ3v) is 5.66. The van der Waals surface area contributed by atoms with Crippen LogP contribution in [0.3, 0.4) is 0 Å². The fraction of sp³-hybridized carbons (Fsp3) is 0.0769. The Morgan fingerprint density at radius 2 is 1.65 bits per heavy atom. The summed E-state index contributed by atoms with van der Waals surface area (Å²) in [6.45, 7) is 3.60. The number of fused-ring (bicyclic) bond motifs is 4. The molecule has 31 heavy (non-hydrogen) atoms. The van der Waals surface area contributed by atoms with Crippen LogP contribution >= 0.6 is 0 Å². The summed E-state index contributed by atoms with van der Waals surface area (Å²) in [5, 5.41) is 22.8. The van der Waals surface area contributed by atoms with Crippen LogP contribution in [0.5, 0.6) is 5.75 Å². The topological polar surface area (TPSA) is 87.7 Å². The molecule has 0 fully saturated rings. The van der Waals surface area contributed by atoms with Crippen molar-refractivity contribution >= 4 is 38.7 Å². The summed E-state index contributed by atoms with van der Waals surface area (Å²) >= 11 is 0. The van der Waals surface area contributed by atoms with Gasteiger partial charge in [-0.3, -0.25) is 4.79 Å². The van der Waals surface area contributed by atoms with Crippen molar-refractivity contribution < 1.29 is 19.4 Å². The lowest BCUT2D eigenvalue weighted by molar-refractivity contribution is 0.0697. The average molecular weight is 410 g/mol. The summed E-state index contributed by atoms with van der Waals surface area (Å²) < 4.78 is 6.21. The Hall–Kier alpha value is -4.12. The van der Waals surface area contributed by atoms with Crippen molar-refractivity contribution in [3.8, 4) is 16.9 Å². The van der Waals surface area contributed by atoms with E-state index in [9.17, 15) is 19.8 Å². The highest BCUT2D eigenvalue weighted by atomic mass is 16.4. The SMILES string of the molecule is Cc1ccc(-c2c3ccc(O)cc3oc3c2ccc2cc(=O)c(C)cc23)c(C(=O)O)c1. The quantitative estimate of drug-likeness (QED) is 0.284. The summed E-state index contributed by atoms with van der Waals surface area (Å²) in [5.41, 5.74) is 3.79. The van der Waals surface area contributed by atoms with Gasteiger partial charge in [-0.1, -0.05) is 23.8 Å². The summed E-state index contributed by atoms with van der Waals surface area (Å²) in [4.78, 5) is 24.2. The van der Waals surface area contributed by atoms with Gasteiger partial charge in [-0.05, 0) is 66.8 Å². The van der Waals surface area contributed by atoms with E-state index in [0.717, 1.165) is 21.7 Å². The number of phenolic OH excluding ortho intramolecular Hbond substituents is 1. The van der Waals surface area contributed by atoms with Crippen LogP contribution in [-0.4, -0.2) is 16.2 Å². The van der Waals surface area contributed by atoms with Gasteiger partial charge >= 0.3 is 5.97 Å². The molecule has 0 aliphatic heterocycles. The fourth-order valence-corrected chi connectivity index (χ4v) is 4.14. The predicted molar refractivity (Wildman–Crippen MR) is 121 cm³/mol. The van der Waals surface area contributed by atoms with E-state index in [2.05, 4.69) is 0 Å². The molecule has 0 aliphatic carbocycles. The van der Waals surface area contributed by atoms with E-state index >= 15 is 0 Å². The zero-order valence-electron chi connectivity index (χ0n) is 16.9. The number of benzene rings is 4. The van der Waals surface area contributed by atoms with Crippen LogP contribution in [-0.2, 0) is 0 Å². The van der Waals surface area contributed by atoms with Crippen molar-refractivity contribution in [3.63, 3.8) is 0 Å². The molecule has 0 saturated carbocycles. The molecule has 4 aromatic carbocycles. The second-order valence-corrected chi connectivity index (χ2v) is 7.79. The van der Waals surface area contributed by atoms with E-state index in [1.54, 1.807) is 43.3 Å². The Kier molecular flexibility index (Phi) is 4.08. The van der Waals surface area contributed by atoms with E-state index in [0.29, 0.717) is 33.2 Å². The van der Waals surface area contributed by atoms with E-state index in [1.807, 2.05) is 25.1 Å². The number of aromatic hydroxyl groups is 1. The first-order valence-corrected chi connectivity index (χ1v) is 9.81. The normalized spacial score (nSPS) is 11.4. The van der Waals surface area contributed by atoms with Gasteiger partial charge < -0.3 is 14.6 Å². The molecule has 2 N–H and O–H groups in total. The summed E-state index contributed by atoms with van der Waals surface area (Å²) in [5.74, 6) is -0.977. The van der Waals surface area contributed by atoms with Gasteiger partial charge in [0.25, 0.3) is 0 Å². The number of hydrogen-bond donors (Lipinski definition) is 2. The van der Waals surface area contributed by atoms with E-state index < -0.39 is 5.97 Å². The Morgan fingerprint density at radius 1 is 0.871 bits per heavy atom. The maximum atomic E-state index is 12.1. The van der Waals surface area contributed by atoms with Crippen molar-refractivity contribution in [1.29, 1.82) is 0 Å². The van der Waals surface area contributed by atoms with E-state index in [-0.39, 0.29) is 16.7 Å². The minimum Gasteiger partial charge on any atom is -0.508 e. The number of phenols is 1. The second kappa shape index (κ2) is 6.71. The number of aryl methyl sites for hydroxylation is 2. The predicted octanol–water partition coefficient (Wildman–Crippen LogP) is 5.79. The van der Waals surface area contributed by atoms with Gasteiger partial charge in [0, 0.05) is 27.8 Å². The van der Waals surface area contributed by atoms with Crippen LogP contribution in [0.25, 0.3) is 43.8 Å². The zero-order chi connectivity index (χ0) is 21.9. The molecular formula is C26H18O5. The number of aromatic carboxylic acids is 1. The molecule has 5 aromatic rings. The maximum Gasteiger partial charge on any atom is 0.336 e. The fourth-order valence-electron chi connectivity index (χ4n) is 4.14. The van der Waals surface area contributed by atoms with Crippen molar-refractivity contribution in [3.05, 3.63) is 87.6 Å². The van der Waals surface area contributed by atoms with Gasteiger partial charge in [0.15, 0.2) is 5.43 Å². The molecule has 0 atom stereocenters. The summed E-state index contributed by atoms with van der Waals surface area (Å²) in [6.07, 6.45) is 0. The number of hydrogen-bond acceptors (Lipinski definition) is 4. The number of carboxylic acid groups (broad SMARTS) is 1. The highest BCUT2D eigenvalue weighted by molar-refractivity contribution is 6.17. The first-order valence-electron chi connectivity index (χ1n) is 9.81. The minimum absolute atomic E-state index is 0.0437. The molecule has 0 saturated heterocycles. The van der Waals surface area contributed by atoms with E-state index in [4.69, 9.17) is 4.42 Å². The van der Waals surface area contributed by atoms with Crippen molar-refractivity contribution in [2.45, 2.75) is 13.8 Å². The number of rotatable bonds is 2. The van der Waals surface area contributed by atoms with Gasteiger partial charge in [-0.15, -0.1) is 0 Å². The molecule has 1 aromatic heterocycles. The highest BCUT2D eigenvalue weighted by Crippen LogP contribution is 2.41. The first-order chi connectivity index (χ1) is 14.8. The lowest BCUT2D eigenvalue weighted by atomic mass is 9.91. The molecule has 0 amide bonds. The molecule has 1 heterocycles. The molecule has 152 valence electrons. The Balaban J connectivity index is 2.04. The van der Waals surface area contributed by atoms with Gasteiger partial charge in [0.2, 0.25) is 0 Å². The highest BCUT2D eigenvalue weighted by Gasteiger charge is 2.20. The lowest BCUT2D eigenvalue weighted by Gasteiger charge is -2.15. The van der Waals surface area contributed by atoms with Gasteiger partial charge in [0.1, 0.15) is 16.9 Å². The second-order valence-electron chi connectivity index (χ2n) is 7.79. The van der Waals surface area contributed by atoms with Crippen LogP contribution in [0.1, 0.15) is 21.5 Å². The van der Waals surface area contributed by atoms with Crippen LogP contribution in [0.4, 0.5) is 0 Å². The van der Waals surface area contributed by atoms with Gasteiger partial charge in [-0.2, -0.15) is 0 Å². The third-order valence-electron chi connectivity index (χ3n) is 5.66. The molecule has 0 bridgehead atoms. The smallest absolute Gasteiger partial charge is 0.336 e. The molecule has 0 radical (unpaired) electrons. The van der Waals surface area contributed by atoms with Gasteiger partial charge in [-0.25, -0.2) is 4.79 Å². The molecule has 0 spiro atoms. The Bertz CT molecular complexity index is 1610. The molecule has 5 rings (SSSR count). The molecular weight excluding hydrogens is 392 g/mol. The standard InChI is InChI=1S/C26H18O5/c1-13-3-6-17(21(9-13)26(29)30)24-18-8-5-16(27)12-23(18)31-25-19(24)7-4-15-11-22(28)14(2)10-20(15)25/h3-12,27H,1-2H3,(H,29,30). The van der Waals surface area contributed by atoms with Crippen LogP contribution in [0.15, 0.2) is 69.9 Å². The van der Waals surface area contributed by atoms with Crippen molar-refractivity contribution in [2.24, 2.45) is 0 Å². The van der Waals surface area contributed by atoms with E-state index in [1.165, 1.54) is 6.07 Å². The Labute approximate surface area is 176 Å². The van der Waals surface area contributed by atoms with Crippen LogP contribution in [0, 0.1) is 13.8 Å². The number of carboxylic acids is 1.